The largest absolute Gasteiger partial charge is 0.381 e. The molecule has 0 aromatic heterocycles. The van der Waals surface area contributed by atoms with Gasteiger partial charge in [-0.15, -0.1) is 0 Å². The minimum atomic E-state index is 0.667. The van der Waals surface area contributed by atoms with Gasteiger partial charge in [0.05, 0.1) is 6.67 Å². The summed E-state index contributed by atoms with van der Waals surface area (Å²) in [5, 5.41) is 10.0. The van der Waals surface area contributed by atoms with Crippen LogP contribution in [-0.4, -0.2) is 13.0 Å². The van der Waals surface area contributed by atoms with Crippen molar-refractivity contribution in [1.82, 2.24) is 5.32 Å². The molecule has 2 aromatic rings. The van der Waals surface area contributed by atoms with Crippen LogP contribution in [0, 0.1) is 0 Å². The van der Waals surface area contributed by atoms with Gasteiger partial charge in [-0.25, -0.2) is 0 Å². The molecular weight excluding hydrogens is 310 g/mol. The molecule has 0 spiro atoms. The molecule has 0 saturated carbocycles. The predicted molar refractivity (Wildman–Crippen MR) is 106 cm³/mol. The van der Waals surface area contributed by atoms with Crippen LogP contribution in [0.2, 0.25) is 0 Å². The predicted octanol–water partition coefficient (Wildman–Crippen LogP) is 4.55. The highest BCUT2D eigenvalue weighted by Gasteiger charge is 1.97. The normalized spacial score (nSPS) is 11.4. The molecule has 130 valence electrons. The Hall–Kier alpha value is -3.01. The molecule has 4 heteroatoms. The van der Waals surface area contributed by atoms with E-state index in [4.69, 9.17) is 0 Å². The number of hydrogen-bond donors (Lipinski definition) is 3. The number of carbonyl (C=O) groups excluding carboxylic acids is 1. The molecule has 2 rings (SSSR count). The van der Waals surface area contributed by atoms with E-state index in [0.29, 0.717) is 12.2 Å². The van der Waals surface area contributed by atoms with Crippen LogP contribution in [0.3, 0.4) is 0 Å². The van der Waals surface area contributed by atoms with Crippen molar-refractivity contribution in [2.45, 2.75) is 20.4 Å². The number of anilines is 2. The highest BCUT2D eigenvalue weighted by atomic mass is 16.1. The first kappa shape index (κ1) is 18.3. The molecule has 0 bridgehead atoms. The van der Waals surface area contributed by atoms with Crippen molar-refractivity contribution in [3.8, 4) is 0 Å². The summed E-state index contributed by atoms with van der Waals surface area (Å²) in [6.07, 6.45) is 6.94. The highest BCUT2D eigenvalue weighted by Crippen LogP contribution is 2.14. The van der Waals surface area contributed by atoms with Gasteiger partial charge in [-0.05, 0) is 49.8 Å². The topological polar surface area (TPSA) is 53.2 Å². The van der Waals surface area contributed by atoms with Gasteiger partial charge >= 0.3 is 0 Å². The van der Waals surface area contributed by atoms with Crippen molar-refractivity contribution in [2.24, 2.45) is 0 Å². The lowest BCUT2D eigenvalue weighted by molar-refractivity contribution is 0.112. The van der Waals surface area contributed by atoms with E-state index in [0.717, 1.165) is 35.5 Å². The summed E-state index contributed by atoms with van der Waals surface area (Å²) in [7, 11) is 0. The van der Waals surface area contributed by atoms with E-state index in [1.54, 1.807) is 0 Å². The second kappa shape index (κ2) is 9.98. The fourth-order valence-corrected chi connectivity index (χ4v) is 2.31. The molecule has 0 radical (unpaired) electrons. The van der Waals surface area contributed by atoms with Crippen LogP contribution in [0.1, 0.15) is 29.8 Å². The zero-order valence-corrected chi connectivity index (χ0v) is 14.8. The van der Waals surface area contributed by atoms with Crippen LogP contribution < -0.4 is 16.0 Å². The number of benzene rings is 2. The lowest BCUT2D eigenvalue weighted by Gasteiger charge is -2.11. The summed E-state index contributed by atoms with van der Waals surface area (Å²) < 4.78 is 0. The zero-order chi connectivity index (χ0) is 17.9. The van der Waals surface area contributed by atoms with Crippen molar-refractivity contribution < 1.29 is 4.79 Å². The molecular formula is C21H25N3O. The summed E-state index contributed by atoms with van der Waals surface area (Å²) in [6.45, 7) is 5.40. The van der Waals surface area contributed by atoms with Crippen molar-refractivity contribution in [3.05, 3.63) is 83.6 Å². The third-order valence-corrected chi connectivity index (χ3v) is 3.74. The van der Waals surface area contributed by atoms with E-state index in [2.05, 4.69) is 16.0 Å². The first-order valence-corrected chi connectivity index (χ1v) is 8.40. The van der Waals surface area contributed by atoms with Gasteiger partial charge in [-0.2, -0.15) is 0 Å². The van der Waals surface area contributed by atoms with Crippen LogP contribution in [0.15, 0.2) is 72.5 Å². The third kappa shape index (κ3) is 6.18. The number of hydrogen-bond acceptors (Lipinski definition) is 4. The number of aldehydes is 1. The van der Waals surface area contributed by atoms with E-state index in [1.165, 1.54) is 0 Å². The van der Waals surface area contributed by atoms with Crippen molar-refractivity contribution in [2.75, 3.05) is 17.3 Å². The monoisotopic (exact) mass is 335 g/mol. The molecule has 3 N–H and O–H groups in total. The molecule has 0 aliphatic rings. The molecule has 25 heavy (non-hydrogen) atoms. The van der Waals surface area contributed by atoms with Gasteiger partial charge in [0.15, 0.2) is 0 Å². The quantitative estimate of drug-likeness (QED) is 0.357. The molecule has 0 amide bonds. The Morgan fingerprint density at radius 3 is 2.12 bits per heavy atom. The SMILES string of the molecule is C/C=C\C(=C/C)NCNc1ccc(NCc2ccc(C=O)cc2)cc1. The van der Waals surface area contributed by atoms with Crippen molar-refractivity contribution in [1.29, 1.82) is 0 Å². The van der Waals surface area contributed by atoms with Crippen LogP contribution in [0.4, 0.5) is 11.4 Å². The Morgan fingerprint density at radius 2 is 1.56 bits per heavy atom. The van der Waals surface area contributed by atoms with Crippen LogP contribution in [-0.2, 0) is 6.54 Å². The lowest BCUT2D eigenvalue weighted by atomic mass is 10.1. The fourth-order valence-electron chi connectivity index (χ4n) is 2.31. The number of rotatable bonds is 9. The Morgan fingerprint density at radius 1 is 0.920 bits per heavy atom. The average molecular weight is 335 g/mol. The lowest BCUT2D eigenvalue weighted by Crippen LogP contribution is -2.20. The summed E-state index contributed by atoms with van der Waals surface area (Å²) in [6, 6.07) is 15.8. The van der Waals surface area contributed by atoms with Crippen LogP contribution in [0.5, 0.6) is 0 Å². The molecule has 0 atom stereocenters. The van der Waals surface area contributed by atoms with E-state index in [-0.39, 0.29) is 0 Å². The summed E-state index contributed by atoms with van der Waals surface area (Å²) in [5.74, 6) is 0. The number of allylic oxidation sites excluding steroid dienone is 3. The standard InChI is InChI=1S/C21H25N3O/c1-3-5-19(4-2)23-16-24-21-12-10-20(11-13-21)22-14-17-6-8-18(15-25)9-7-17/h3-13,15,22-24H,14,16H2,1-2H3/b5-3-,19-4+. The average Bonchev–Trinajstić information content (AvgIpc) is 2.67. The van der Waals surface area contributed by atoms with E-state index >= 15 is 0 Å². The van der Waals surface area contributed by atoms with E-state index < -0.39 is 0 Å². The van der Waals surface area contributed by atoms with Crippen molar-refractivity contribution >= 4 is 17.7 Å². The van der Waals surface area contributed by atoms with Crippen LogP contribution >= 0.6 is 0 Å². The van der Waals surface area contributed by atoms with Gasteiger partial charge in [0.25, 0.3) is 0 Å². The number of nitrogens with one attached hydrogen (secondary N) is 3. The van der Waals surface area contributed by atoms with Gasteiger partial charge in [-0.1, -0.05) is 36.4 Å². The van der Waals surface area contributed by atoms with Crippen LogP contribution in [0.25, 0.3) is 0 Å². The summed E-state index contributed by atoms with van der Waals surface area (Å²) >= 11 is 0. The summed E-state index contributed by atoms with van der Waals surface area (Å²) in [5.41, 5.74) is 5.04. The second-order valence-electron chi connectivity index (χ2n) is 5.56. The Kier molecular flexibility index (Phi) is 7.32. The van der Waals surface area contributed by atoms with E-state index in [1.807, 2.05) is 80.6 Å². The first-order chi connectivity index (χ1) is 12.2. The molecule has 0 aliphatic carbocycles. The minimum absolute atomic E-state index is 0.667. The maximum absolute atomic E-state index is 10.7. The molecule has 0 aliphatic heterocycles. The van der Waals surface area contributed by atoms with Crippen molar-refractivity contribution in [3.63, 3.8) is 0 Å². The third-order valence-electron chi connectivity index (χ3n) is 3.74. The zero-order valence-electron chi connectivity index (χ0n) is 14.8. The Bertz CT molecular complexity index is 716. The molecule has 4 nitrogen and oxygen atoms in total. The Labute approximate surface area is 149 Å². The first-order valence-electron chi connectivity index (χ1n) is 8.40. The molecule has 2 aromatic carbocycles. The van der Waals surface area contributed by atoms with Gasteiger partial charge in [0.2, 0.25) is 0 Å². The fraction of sp³-hybridized carbons (Fsp3) is 0.190. The van der Waals surface area contributed by atoms with Gasteiger partial charge in [0, 0.05) is 29.2 Å². The molecule has 0 saturated heterocycles. The van der Waals surface area contributed by atoms with Gasteiger partial charge in [0.1, 0.15) is 6.29 Å². The maximum Gasteiger partial charge on any atom is 0.150 e. The molecule has 0 heterocycles. The summed E-state index contributed by atoms with van der Waals surface area (Å²) in [4.78, 5) is 10.7. The second-order valence-corrected chi connectivity index (χ2v) is 5.56. The Balaban J connectivity index is 1.79. The highest BCUT2D eigenvalue weighted by molar-refractivity contribution is 5.74. The van der Waals surface area contributed by atoms with E-state index in [9.17, 15) is 4.79 Å². The maximum atomic E-state index is 10.7. The minimum Gasteiger partial charge on any atom is -0.381 e. The van der Waals surface area contributed by atoms with Gasteiger partial charge in [-0.3, -0.25) is 4.79 Å². The van der Waals surface area contributed by atoms with Gasteiger partial charge < -0.3 is 16.0 Å². The smallest absolute Gasteiger partial charge is 0.150 e. The molecule has 0 unspecified atom stereocenters. The number of carbonyl (C=O) groups is 1. The molecule has 0 fully saturated rings.